The predicted octanol–water partition coefficient (Wildman–Crippen LogP) is 2.69. The van der Waals surface area contributed by atoms with Crippen molar-refractivity contribution < 1.29 is 15.0 Å². The maximum absolute atomic E-state index is 12.1. The van der Waals surface area contributed by atoms with Gasteiger partial charge in [0.15, 0.2) is 0 Å². The first-order valence-corrected chi connectivity index (χ1v) is 8.48. The van der Waals surface area contributed by atoms with E-state index in [2.05, 4.69) is 10.2 Å². The molecule has 1 amide bonds. The number of aliphatic hydroxyl groups is 1. The number of carbonyl (C=O) groups excluding carboxylic acids is 1. The summed E-state index contributed by atoms with van der Waals surface area (Å²) in [5.41, 5.74) is 1.65. The van der Waals surface area contributed by atoms with Gasteiger partial charge in [0, 0.05) is 24.2 Å². The number of hydrogen-bond donors (Lipinski definition) is 3. The number of phenolic OH excluding ortho intramolecular Hbond substituents is 1. The Morgan fingerprint density at radius 2 is 2.17 bits per heavy atom. The Morgan fingerprint density at radius 3 is 2.87 bits per heavy atom. The van der Waals surface area contributed by atoms with Crippen molar-refractivity contribution >= 4 is 11.6 Å². The molecule has 1 aromatic rings. The zero-order valence-corrected chi connectivity index (χ0v) is 14.1. The van der Waals surface area contributed by atoms with Crippen molar-refractivity contribution in [2.75, 3.05) is 25.0 Å². The maximum atomic E-state index is 12.1. The number of carbonyl (C=O) groups is 1. The Balaban J connectivity index is 1.81. The van der Waals surface area contributed by atoms with Crippen LogP contribution >= 0.6 is 0 Å². The van der Waals surface area contributed by atoms with Gasteiger partial charge in [0.1, 0.15) is 5.75 Å². The molecule has 3 N–H and O–H groups in total. The number of nitrogens with one attached hydrogen (secondary N) is 1. The lowest BCUT2D eigenvalue weighted by molar-refractivity contribution is -0.116. The highest BCUT2D eigenvalue weighted by Gasteiger charge is 2.23. The van der Waals surface area contributed by atoms with Gasteiger partial charge < -0.3 is 15.5 Å². The molecule has 1 aliphatic rings. The molecule has 0 saturated carbocycles. The third kappa shape index (κ3) is 5.22. The minimum atomic E-state index is -0.0370. The van der Waals surface area contributed by atoms with Gasteiger partial charge in [-0.05, 0) is 56.0 Å². The number of aliphatic hydroxyl groups excluding tert-OH is 1. The highest BCUT2D eigenvalue weighted by Crippen LogP contribution is 2.25. The molecule has 0 radical (unpaired) electrons. The standard InChI is InChI=1S/C18H28N2O3/c1-13(2)14-9-15(11-17(22)10-14)19-18(23)6-4-8-20-7-3-5-16(20)12-21/h9-11,13,16,21-22H,3-8,12H2,1-2H3,(H,19,23). The fourth-order valence-corrected chi connectivity index (χ4v) is 3.10. The van der Waals surface area contributed by atoms with E-state index in [4.69, 9.17) is 0 Å². The number of likely N-dealkylation sites (tertiary alicyclic amines) is 1. The lowest BCUT2D eigenvalue weighted by Gasteiger charge is -2.22. The van der Waals surface area contributed by atoms with Crippen molar-refractivity contribution in [3.05, 3.63) is 23.8 Å². The van der Waals surface area contributed by atoms with Crippen molar-refractivity contribution in [3.63, 3.8) is 0 Å². The average Bonchev–Trinajstić information content (AvgIpc) is 2.94. The van der Waals surface area contributed by atoms with E-state index in [1.54, 1.807) is 12.1 Å². The van der Waals surface area contributed by atoms with E-state index in [9.17, 15) is 15.0 Å². The van der Waals surface area contributed by atoms with Crippen LogP contribution in [0.2, 0.25) is 0 Å². The molecule has 128 valence electrons. The van der Waals surface area contributed by atoms with Crippen LogP contribution in [0.15, 0.2) is 18.2 Å². The first-order valence-electron chi connectivity index (χ1n) is 8.48. The number of rotatable bonds is 7. The van der Waals surface area contributed by atoms with Crippen molar-refractivity contribution in [3.8, 4) is 5.75 Å². The minimum Gasteiger partial charge on any atom is -0.508 e. The van der Waals surface area contributed by atoms with Crippen LogP contribution in [0.3, 0.4) is 0 Å². The Labute approximate surface area is 138 Å². The lowest BCUT2D eigenvalue weighted by Crippen LogP contribution is -2.33. The van der Waals surface area contributed by atoms with E-state index in [0.717, 1.165) is 37.9 Å². The summed E-state index contributed by atoms with van der Waals surface area (Å²) >= 11 is 0. The first-order chi connectivity index (χ1) is 11.0. The normalized spacial score (nSPS) is 18.5. The third-order valence-corrected chi connectivity index (χ3v) is 4.45. The quantitative estimate of drug-likeness (QED) is 0.722. The summed E-state index contributed by atoms with van der Waals surface area (Å²) in [6.45, 7) is 6.16. The summed E-state index contributed by atoms with van der Waals surface area (Å²) in [7, 11) is 0. The largest absolute Gasteiger partial charge is 0.508 e. The molecule has 1 heterocycles. The summed E-state index contributed by atoms with van der Waals surface area (Å²) in [6.07, 6.45) is 3.39. The second-order valence-electron chi connectivity index (χ2n) is 6.63. The lowest BCUT2D eigenvalue weighted by atomic mass is 10.0. The SMILES string of the molecule is CC(C)c1cc(O)cc(NC(=O)CCCN2CCCC2CO)c1. The zero-order valence-electron chi connectivity index (χ0n) is 14.1. The van der Waals surface area contributed by atoms with E-state index in [1.807, 2.05) is 19.9 Å². The van der Waals surface area contributed by atoms with Crippen LogP contribution < -0.4 is 5.32 Å². The van der Waals surface area contributed by atoms with Gasteiger partial charge in [-0.25, -0.2) is 0 Å². The van der Waals surface area contributed by atoms with Crippen molar-refractivity contribution in [1.82, 2.24) is 4.90 Å². The molecule has 0 aliphatic carbocycles. The molecule has 5 nitrogen and oxygen atoms in total. The molecule has 1 aromatic carbocycles. The highest BCUT2D eigenvalue weighted by atomic mass is 16.3. The number of hydrogen-bond acceptors (Lipinski definition) is 4. The van der Waals surface area contributed by atoms with Gasteiger partial charge in [0.05, 0.1) is 6.61 Å². The number of benzene rings is 1. The van der Waals surface area contributed by atoms with Crippen molar-refractivity contribution in [2.45, 2.75) is 51.5 Å². The van der Waals surface area contributed by atoms with Gasteiger partial charge in [-0.3, -0.25) is 9.69 Å². The molecule has 2 rings (SSSR count). The van der Waals surface area contributed by atoms with Gasteiger partial charge in [-0.1, -0.05) is 13.8 Å². The fourth-order valence-electron chi connectivity index (χ4n) is 3.10. The van der Waals surface area contributed by atoms with Crippen LogP contribution in [0.5, 0.6) is 5.75 Å². The predicted molar refractivity (Wildman–Crippen MR) is 91.7 cm³/mol. The molecule has 0 bridgehead atoms. The van der Waals surface area contributed by atoms with Crippen LogP contribution in [0.4, 0.5) is 5.69 Å². The van der Waals surface area contributed by atoms with E-state index in [-0.39, 0.29) is 24.3 Å². The molecule has 1 unspecified atom stereocenters. The summed E-state index contributed by atoms with van der Waals surface area (Å²) in [4.78, 5) is 14.3. The molecule has 0 spiro atoms. The number of amides is 1. The van der Waals surface area contributed by atoms with Crippen molar-refractivity contribution in [2.24, 2.45) is 0 Å². The van der Waals surface area contributed by atoms with Gasteiger partial charge in [-0.15, -0.1) is 0 Å². The fraction of sp³-hybridized carbons (Fsp3) is 0.611. The van der Waals surface area contributed by atoms with E-state index < -0.39 is 0 Å². The number of aromatic hydroxyl groups is 1. The molecular weight excluding hydrogens is 292 g/mol. The summed E-state index contributed by atoms with van der Waals surface area (Å²) in [5.74, 6) is 0.433. The Hall–Kier alpha value is -1.59. The molecule has 1 saturated heterocycles. The zero-order chi connectivity index (χ0) is 16.8. The molecule has 1 fully saturated rings. The molecule has 1 aliphatic heterocycles. The maximum Gasteiger partial charge on any atom is 0.224 e. The average molecular weight is 320 g/mol. The molecule has 5 heteroatoms. The number of nitrogens with zero attached hydrogens (tertiary/aromatic N) is 1. The van der Waals surface area contributed by atoms with E-state index in [0.29, 0.717) is 18.0 Å². The minimum absolute atomic E-state index is 0.0370. The van der Waals surface area contributed by atoms with E-state index >= 15 is 0 Å². The van der Waals surface area contributed by atoms with Crippen LogP contribution in [-0.4, -0.2) is 46.8 Å². The number of phenols is 1. The summed E-state index contributed by atoms with van der Waals surface area (Å²) in [6, 6.07) is 5.47. The van der Waals surface area contributed by atoms with Crippen LogP contribution in [0, 0.1) is 0 Å². The molecule has 1 atom stereocenters. The summed E-state index contributed by atoms with van der Waals surface area (Å²) < 4.78 is 0. The Morgan fingerprint density at radius 1 is 1.39 bits per heavy atom. The van der Waals surface area contributed by atoms with Gasteiger partial charge in [0.2, 0.25) is 5.91 Å². The Kier molecular flexibility index (Phi) is 6.42. The van der Waals surface area contributed by atoms with Gasteiger partial charge >= 0.3 is 0 Å². The van der Waals surface area contributed by atoms with Crippen LogP contribution in [0.25, 0.3) is 0 Å². The monoisotopic (exact) mass is 320 g/mol. The number of anilines is 1. The molecule has 23 heavy (non-hydrogen) atoms. The van der Waals surface area contributed by atoms with Crippen molar-refractivity contribution in [1.29, 1.82) is 0 Å². The van der Waals surface area contributed by atoms with Crippen LogP contribution in [0.1, 0.15) is 51.0 Å². The summed E-state index contributed by atoms with van der Waals surface area (Å²) in [5, 5.41) is 21.9. The molecular formula is C18H28N2O3. The van der Waals surface area contributed by atoms with Gasteiger partial charge in [0.25, 0.3) is 0 Å². The highest BCUT2D eigenvalue weighted by molar-refractivity contribution is 5.91. The topological polar surface area (TPSA) is 72.8 Å². The second-order valence-corrected chi connectivity index (χ2v) is 6.63. The smallest absolute Gasteiger partial charge is 0.224 e. The van der Waals surface area contributed by atoms with E-state index in [1.165, 1.54) is 0 Å². The third-order valence-electron chi connectivity index (χ3n) is 4.45. The van der Waals surface area contributed by atoms with Gasteiger partial charge in [-0.2, -0.15) is 0 Å². The van der Waals surface area contributed by atoms with Crippen LogP contribution in [-0.2, 0) is 4.79 Å². The molecule has 0 aromatic heterocycles. The Bertz CT molecular complexity index is 531. The second kappa shape index (κ2) is 8.31. The first kappa shape index (κ1) is 17.8.